The van der Waals surface area contributed by atoms with Crippen molar-refractivity contribution in [3.63, 3.8) is 0 Å². The van der Waals surface area contributed by atoms with E-state index in [1.54, 1.807) is 0 Å². The second-order valence-electron chi connectivity index (χ2n) is 7.52. The molecule has 2 fully saturated rings. The smallest absolute Gasteiger partial charge is 0.355 e. The third-order valence-corrected chi connectivity index (χ3v) is 5.54. The number of nitrogens with zero attached hydrogens (tertiary/aromatic N) is 1. The SMILES string of the molecule is Cc1cccc(C2(C(=O)NC[C@H]3CCN(CC(F)(F)F)C3)CCC2)c1. The summed E-state index contributed by atoms with van der Waals surface area (Å²) in [5.74, 6) is 0.125. The van der Waals surface area contributed by atoms with E-state index in [2.05, 4.69) is 11.4 Å². The Kier molecular flexibility index (Phi) is 5.09. The van der Waals surface area contributed by atoms with E-state index in [0.29, 0.717) is 26.1 Å². The first-order valence-electron chi connectivity index (χ1n) is 8.93. The zero-order valence-electron chi connectivity index (χ0n) is 14.5. The number of rotatable bonds is 5. The summed E-state index contributed by atoms with van der Waals surface area (Å²) in [6, 6.07) is 8.07. The first kappa shape index (κ1) is 18.2. The van der Waals surface area contributed by atoms with Crippen molar-refractivity contribution in [3.05, 3.63) is 35.4 Å². The van der Waals surface area contributed by atoms with E-state index in [9.17, 15) is 18.0 Å². The second kappa shape index (κ2) is 6.98. The summed E-state index contributed by atoms with van der Waals surface area (Å²) in [6.45, 7) is 2.47. The molecule has 1 aromatic rings. The number of alkyl halides is 3. The Hall–Kier alpha value is -1.56. The summed E-state index contributed by atoms with van der Waals surface area (Å²) in [5.41, 5.74) is 1.74. The fourth-order valence-corrected chi connectivity index (χ4v) is 4.00. The quantitative estimate of drug-likeness (QED) is 0.879. The Labute approximate surface area is 146 Å². The molecular weight excluding hydrogens is 329 g/mol. The van der Waals surface area contributed by atoms with E-state index in [0.717, 1.165) is 30.4 Å². The third kappa shape index (κ3) is 4.17. The van der Waals surface area contributed by atoms with Crippen LogP contribution in [0.2, 0.25) is 0 Å². The van der Waals surface area contributed by atoms with Crippen LogP contribution in [0.1, 0.15) is 36.8 Å². The Bertz CT molecular complexity index is 625. The van der Waals surface area contributed by atoms with Gasteiger partial charge < -0.3 is 5.32 Å². The van der Waals surface area contributed by atoms with Crippen molar-refractivity contribution in [1.29, 1.82) is 0 Å². The Morgan fingerprint density at radius 3 is 2.72 bits per heavy atom. The van der Waals surface area contributed by atoms with Crippen LogP contribution < -0.4 is 5.32 Å². The average molecular weight is 354 g/mol. The molecular formula is C19H25F3N2O. The molecule has 0 bridgehead atoms. The molecule has 0 unspecified atom stereocenters. The first-order valence-corrected chi connectivity index (χ1v) is 8.93. The number of carbonyl (C=O) groups excluding carboxylic acids is 1. The highest BCUT2D eigenvalue weighted by Gasteiger charge is 2.45. The van der Waals surface area contributed by atoms with Crippen LogP contribution in [0.3, 0.4) is 0 Å². The van der Waals surface area contributed by atoms with Crippen molar-refractivity contribution >= 4 is 5.91 Å². The molecule has 1 aliphatic heterocycles. The summed E-state index contributed by atoms with van der Waals surface area (Å²) in [4.78, 5) is 14.2. The number of aryl methyl sites for hydroxylation is 1. The van der Waals surface area contributed by atoms with E-state index >= 15 is 0 Å². The largest absolute Gasteiger partial charge is 0.401 e. The summed E-state index contributed by atoms with van der Waals surface area (Å²) in [6.07, 6.45) is -0.739. The van der Waals surface area contributed by atoms with E-state index in [-0.39, 0.29) is 11.8 Å². The van der Waals surface area contributed by atoms with Crippen molar-refractivity contribution in [2.45, 2.75) is 44.2 Å². The maximum Gasteiger partial charge on any atom is 0.401 e. The summed E-state index contributed by atoms with van der Waals surface area (Å²) in [7, 11) is 0. The molecule has 25 heavy (non-hydrogen) atoms. The van der Waals surface area contributed by atoms with Gasteiger partial charge in [0.15, 0.2) is 0 Å². The monoisotopic (exact) mass is 354 g/mol. The maximum atomic E-state index is 12.8. The number of hydrogen-bond donors (Lipinski definition) is 1. The van der Waals surface area contributed by atoms with Crippen molar-refractivity contribution in [1.82, 2.24) is 10.2 Å². The highest BCUT2D eigenvalue weighted by molar-refractivity contribution is 5.89. The van der Waals surface area contributed by atoms with Gasteiger partial charge in [-0.05, 0) is 44.2 Å². The van der Waals surface area contributed by atoms with Crippen LogP contribution in [0.4, 0.5) is 13.2 Å². The first-order chi connectivity index (χ1) is 11.8. The van der Waals surface area contributed by atoms with Crippen molar-refractivity contribution in [3.8, 4) is 0 Å². The van der Waals surface area contributed by atoms with Crippen LogP contribution in [0.15, 0.2) is 24.3 Å². The van der Waals surface area contributed by atoms with Gasteiger partial charge in [-0.1, -0.05) is 36.2 Å². The lowest BCUT2D eigenvalue weighted by Gasteiger charge is -2.41. The summed E-state index contributed by atoms with van der Waals surface area (Å²) < 4.78 is 37.4. The van der Waals surface area contributed by atoms with Crippen molar-refractivity contribution in [2.24, 2.45) is 5.92 Å². The zero-order chi connectivity index (χ0) is 18.1. The molecule has 1 heterocycles. The Morgan fingerprint density at radius 1 is 1.36 bits per heavy atom. The highest BCUT2D eigenvalue weighted by atomic mass is 19.4. The molecule has 1 N–H and O–H groups in total. The molecule has 2 aliphatic rings. The van der Waals surface area contributed by atoms with Gasteiger partial charge in [-0.2, -0.15) is 13.2 Å². The van der Waals surface area contributed by atoms with Gasteiger partial charge in [0.2, 0.25) is 5.91 Å². The number of halogens is 3. The molecule has 3 nitrogen and oxygen atoms in total. The van der Waals surface area contributed by atoms with Crippen molar-refractivity contribution in [2.75, 3.05) is 26.2 Å². The van der Waals surface area contributed by atoms with Crippen LogP contribution in [0, 0.1) is 12.8 Å². The molecule has 138 valence electrons. The standard InChI is InChI=1S/C19H25F3N2O/c1-14-4-2-5-16(10-14)18(7-3-8-18)17(25)23-11-15-6-9-24(12-15)13-19(20,21)22/h2,4-5,10,15H,3,6-9,11-13H2,1H3,(H,23,25)/t15-/m1/s1. The van der Waals surface area contributed by atoms with Gasteiger partial charge in [-0.3, -0.25) is 9.69 Å². The maximum absolute atomic E-state index is 12.8. The minimum Gasteiger partial charge on any atom is -0.355 e. The molecule has 1 amide bonds. The molecule has 1 saturated carbocycles. The van der Waals surface area contributed by atoms with Gasteiger partial charge in [0.1, 0.15) is 0 Å². The van der Waals surface area contributed by atoms with E-state index < -0.39 is 18.1 Å². The minimum absolute atomic E-state index is 0.0265. The van der Waals surface area contributed by atoms with E-state index in [1.165, 1.54) is 4.90 Å². The Balaban J connectivity index is 1.56. The van der Waals surface area contributed by atoms with Crippen LogP contribution in [0.5, 0.6) is 0 Å². The topological polar surface area (TPSA) is 32.3 Å². The van der Waals surface area contributed by atoms with Gasteiger partial charge in [-0.25, -0.2) is 0 Å². The highest BCUT2D eigenvalue weighted by Crippen LogP contribution is 2.44. The molecule has 1 saturated heterocycles. The lowest BCUT2D eigenvalue weighted by Crippen LogP contribution is -2.50. The summed E-state index contributed by atoms with van der Waals surface area (Å²) >= 11 is 0. The predicted molar refractivity (Wildman–Crippen MR) is 90.3 cm³/mol. The average Bonchev–Trinajstić information content (AvgIpc) is 2.89. The fraction of sp³-hybridized carbons (Fsp3) is 0.632. The van der Waals surface area contributed by atoms with Crippen LogP contribution in [0.25, 0.3) is 0 Å². The lowest BCUT2D eigenvalue weighted by molar-refractivity contribution is -0.144. The molecule has 0 spiro atoms. The predicted octanol–water partition coefficient (Wildman–Crippen LogP) is 3.42. The fourth-order valence-electron chi connectivity index (χ4n) is 4.00. The normalized spacial score (nSPS) is 23.3. The zero-order valence-corrected chi connectivity index (χ0v) is 14.5. The molecule has 0 aromatic heterocycles. The molecule has 0 radical (unpaired) electrons. The van der Waals surface area contributed by atoms with Crippen molar-refractivity contribution < 1.29 is 18.0 Å². The molecule has 1 aromatic carbocycles. The van der Waals surface area contributed by atoms with E-state index in [1.807, 2.05) is 25.1 Å². The third-order valence-electron chi connectivity index (χ3n) is 5.54. The number of likely N-dealkylation sites (tertiary alicyclic amines) is 1. The molecule has 3 rings (SSSR count). The van der Waals surface area contributed by atoms with Crippen LogP contribution in [-0.2, 0) is 10.2 Å². The number of hydrogen-bond acceptors (Lipinski definition) is 2. The number of carbonyl (C=O) groups is 1. The van der Waals surface area contributed by atoms with Crippen LogP contribution >= 0.6 is 0 Å². The van der Waals surface area contributed by atoms with Crippen LogP contribution in [-0.4, -0.2) is 43.2 Å². The van der Waals surface area contributed by atoms with Gasteiger partial charge in [0.25, 0.3) is 0 Å². The lowest BCUT2D eigenvalue weighted by atomic mass is 9.63. The van der Waals surface area contributed by atoms with Gasteiger partial charge in [0, 0.05) is 13.1 Å². The van der Waals surface area contributed by atoms with Gasteiger partial charge in [-0.15, -0.1) is 0 Å². The molecule has 6 heteroatoms. The molecule has 1 aliphatic carbocycles. The number of benzene rings is 1. The number of amides is 1. The second-order valence-corrected chi connectivity index (χ2v) is 7.52. The Morgan fingerprint density at radius 2 is 2.12 bits per heavy atom. The minimum atomic E-state index is -4.15. The molecule has 1 atom stereocenters. The van der Waals surface area contributed by atoms with Gasteiger partial charge >= 0.3 is 6.18 Å². The summed E-state index contributed by atoms with van der Waals surface area (Å²) in [5, 5.41) is 3.02. The van der Waals surface area contributed by atoms with E-state index in [4.69, 9.17) is 0 Å². The van der Waals surface area contributed by atoms with Gasteiger partial charge in [0.05, 0.1) is 12.0 Å². The number of nitrogens with one attached hydrogen (secondary N) is 1.